The summed E-state index contributed by atoms with van der Waals surface area (Å²) in [6.45, 7) is 1.76. The number of aryl methyl sites for hydroxylation is 1. The first-order valence-electron chi connectivity index (χ1n) is 9.24. The molecular weight excluding hydrogens is 438 g/mol. The Labute approximate surface area is 185 Å². The average Bonchev–Trinajstić information content (AvgIpc) is 3.20. The lowest BCUT2D eigenvalue weighted by atomic mass is 10.1. The van der Waals surface area contributed by atoms with Crippen LogP contribution in [0.3, 0.4) is 0 Å². The highest BCUT2D eigenvalue weighted by Gasteiger charge is 2.13. The zero-order valence-electron chi connectivity index (χ0n) is 17.6. The van der Waals surface area contributed by atoms with Gasteiger partial charge in [-0.05, 0) is 36.8 Å². The Kier molecular flexibility index (Phi) is 6.81. The van der Waals surface area contributed by atoms with Crippen molar-refractivity contribution in [3.8, 4) is 22.8 Å². The number of rotatable bonds is 8. The Morgan fingerprint density at radius 1 is 1.16 bits per heavy atom. The van der Waals surface area contributed by atoms with Gasteiger partial charge in [0.15, 0.2) is 23.2 Å². The number of nitrogens with zero attached hydrogens (tertiary/aromatic N) is 2. The lowest BCUT2D eigenvalue weighted by Gasteiger charge is -2.16. The van der Waals surface area contributed by atoms with Crippen molar-refractivity contribution in [2.24, 2.45) is 0 Å². The van der Waals surface area contributed by atoms with Crippen LogP contribution in [0, 0.1) is 6.92 Å². The molecule has 0 aliphatic carbocycles. The first-order valence-corrected chi connectivity index (χ1v) is 12.0. The van der Waals surface area contributed by atoms with Gasteiger partial charge < -0.3 is 9.47 Å². The molecule has 1 N–H and O–H groups in total. The van der Waals surface area contributed by atoms with Crippen LogP contribution in [0.5, 0.6) is 11.5 Å². The molecule has 164 valence electrons. The number of carbonyl (C=O) groups excluding carboxylic acids is 1. The van der Waals surface area contributed by atoms with E-state index in [9.17, 15) is 13.2 Å². The van der Waals surface area contributed by atoms with Crippen LogP contribution in [0.1, 0.15) is 5.56 Å². The van der Waals surface area contributed by atoms with Crippen molar-refractivity contribution in [3.63, 3.8) is 0 Å². The van der Waals surface area contributed by atoms with Gasteiger partial charge in [0.2, 0.25) is 10.0 Å². The maximum absolute atomic E-state index is 12.2. The van der Waals surface area contributed by atoms with Gasteiger partial charge in [0.25, 0.3) is 5.91 Å². The van der Waals surface area contributed by atoms with Crippen molar-refractivity contribution in [3.05, 3.63) is 53.4 Å². The summed E-state index contributed by atoms with van der Waals surface area (Å²) in [6, 6.07) is 12.4. The van der Waals surface area contributed by atoms with E-state index in [2.05, 4.69) is 10.3 Å². The fourth-order valence-electron chi connectivity index (χ4n) is 2.69. The maximum atomic E-state index is 12.2. The van der Waals surface area contributed by atoms with Crippen LogP contribution >= 0.6 is 11.3 Å². The molecule has 31 heavy (non-hydrogen) atoms. The molecule has 0 unspecified atom stereocenters. The summed E-state index contributed by atoms with van der Waals surface area (Å²) in [6.07, 6.45) is 1.15. The van der Waals surface area contributed by atoms with E-state index in [4.69, 9.17) is 9.47 Å². The van der Waals surface area contributed by atoms with Crippen LogP contribution in [0.15, 0.2) is 47.8 Å². The van der Waals surface area contributed by atoms with Crippen molar-refractivity contribution in [1.82, 2.24) is 4.98 Å². The van der Waals surface area contributed by atoms with Crippen LogP contribution in [-0.2, 0) is 14.8 Å². The van der Waals surface area contributed by atoms with Gasteiger partial charge in [-0.15, -0.1) is 11.3 Å². The summed E-state index contributed by atoms with van der Waals surface area (Å²) in [5, 5.41) is 4.97. The number of thiazole rings is 1. The molecule has 0 fully saturated rings. The van der Waals surface area contributed by atoms with E-state index in [-0.39, 0.29) is 12.5 Å². The van der Waals surface area contributed by atoms with Crippen LogP contribution in [-0.4, -0.2) is 46.3 Å². The van der Waals surface area contributed by atoms with Crippen molar-refractivity contribution < 1.29 is 22.7 Å². The van der Waals surface area contributed by atoms with Gasteiger partial charge in [0, 0.05) is 18.0 Å². The van der Waals surface area contributed by atoms with Crippen molar-refractivity contribution in [1.29, 1.82) is 0 Å². The summed E-state index contributed by atoms with van der Waals surface area (Å²) < 4.78 is 35.3. The van der Waals surface area contributed by atoms with Gasteiger partial charge in [0.05, 0.1) is 24.7 Å². The number of carbonyl (C=O) groups is 1. The van der Waals surface area contributed by atoms with Gasteiger partial charge in [0.1, 0.15) is 0 Å². The number of hydrogen-bond donors (Lipinski definition) is 1. The molecule has 3 aromatic rings. The molecule has 1 aromatic heterocycles. The molecule has 0 bridgehead atoms. The number of benzene rings is 2. The zero-order valence-corrected chi connectivity index (χ0v) is 19.2. The average molecular weight is 462 g/mol. The number of ether oxygens (including phenoxy) is 2. The minimum atomic E-state index is -3.32. The smallest absolute Gasteiger partial charge is 0.264 e. The van der Waals surface area contributed by atoms with Crippen LogP contribution < -0.4 is 19.1 Å². The maximum Gasteiger partial charge on any atom is 0.264 e. The van der Waals surface area contributed by atoms with Gasteiger partial charge in [-0.1, -0.05) is 18.2 Å². The Bertz CT molecular complexity index is 1170. The number of anilines is 2. The van der Waals surface area contributed by atoms with E-state index in [0.29, 0.717) is 28.0 Å². The monoisotopic (exact) mass is 461 g/mol. The van der Waals surface area contributed by atoms with Crippen LogP contribution in [0.4, 0.5) is 10.8 Å². The Balaban J connectivity index is 1.61. The first kappa shape index (κ1) is 22.6. The van der Waals surface area contributed by atoms with E-state index in [1.54, 1.807) is 37.4 Å². The quantitative estimate of drug-likeness (QED) is 0.551. The zero-order chi connectivity index (χ0) is 22.6. The van der Waals surface area contributed by atoms with Crippen molar-refractivity contribution >= 4 is 38.1 Å². The third kappa shape index (κ3) is 5.74. The Hall–Kier alpha value is -3.11. The summed E-state index contributed by atoms with van der Waals surface area (Å²) in [5.41, 5.74) is 3.07. The SMILES string of the molecule is COc1cc(C)ccc1OCC(=O)Nc1nc(-c2ccc(N(C)S(C)(=O)=O)cc2)cs1. The van der Waals surface area contributed by atoms with Crippen LogP contribution in [0.2, 0.25) is 0 Å². The summed E-state index contributed by atoms with van der Waals surface area (Å²) in [7, 11) is -0.281. The molecule has 3 rings (SSSR count). The number of methoxy groups -OCH3 is 1. The fraction of sp³-hybridized carbons (Fsp3) is 0.238. The second kappa shape index (κ2) is 9.36. The lowest BCUT2D eigenvalue weighted by molar-refractivity contribution is -0.118. The molecule has 2 aromatic carbocycles. The second-order valence-electron chi connectivity index (χ2n) is 6.81. The summed E-state index contributed by atoms with van der Waals surface area (Å²) in [4.78, 5) is 16.7. The molecule has 0 aliphatic heterocycles. The second-order valence-corrected chi connectivity index (χ2v) is 9.68. The topological polar surface area (TPSA) is 97.8 Å². The lowest BCUT2D eigenvalue weighted by Crippen LogP contribution is -2.24. The largest absolute Gasteiger partial charge is 0.493 e. The summed E-state index contributed by atoms with van der Waals surface area (Å²) in [5.74, 6) is 0.713. The number of aromatic nitrogens is 1. The molecular formula is C21H23N3O5S2. The normalized spacial score (nSPS) is 11.1. The molecule has 0 atom stereocenters. The minimum absolute atomic E-state index is 0.180. The number of nitrogens with one attached hydrogen (secondary N) is 1. The van der Waals surface area contributed by atoms with Gasteiger partial charge in [-0.3, -0.25) is 14.4 Å². The molecule has 0 saturated heterocycles. The molecule has 1 amide bonds. The standard InChI is InChI=1S/C21H23N3O5S2/c1-14-5-10-18(19(11-14)28-3)29-12-20(25)23-21-22-17(13-30-21)15-6-8-16(9-7-15)24(2)31(4,26)27/h5-11,13H,12H2,1-4H3,(H,22,23,25). The van der Waals surface area contributed by atoms with Crippen molar-refractivity contribution in [2.45, 2.75) is 6.92 Å². The number of hydrogen-bond acceptors (Lipinski definition) is 7. The predicted molar refractivity (Wildman–Crippen MR) is 123 cm³/mol. The number of amides is 1. The van der Waals surface area contributed by atoms with Crippen molar-refractivity contribution in [2.75, 3.05) is 36.6 Å². The molecule has 0 aliphatic rings. The first-order chi connectivity index (χ1) is 14.7. The fourth-order valence-corrected chi connectivity index (χ4v) is 3.93. The molecule has 10 heteroatoms. The minimum Gasteiger partial charge on any atom is -0.493 e. The third-order valence-corrected chi connectivity index (χ3v) is 6.42. The molecule has 0 spiro atoms. The van der Waals surface area contributed by atoms with Gasteiger partial charge >= 0.3 is 0 Å². The molecule has 1 heterocycles. The Morgan fingerprint density at radius 3 is 2.52 bits per heavy atom. The van der Waals surface area contributed by atoms with E-state index in [1.165, 1.54) is 22.7 Å². The predicted octanol–water partition coefficient (Wildman–Crippen LogP) is 3.54. The van der Waals surface area contributed by atoms with Crippen LogP contribution in [0.25, 0.3) is 11.3 Å². The van der Waals surface area contributed by atoms with E-state index >= 15 is 0 Å². The van der Waals surface area contributed by atoms with E-state index in [0.717, 1.165) is 17.4 Å². The highest BCUT2D eigenvalue weighted by Crippen LogP contribution is 2.29. The van der Waals surface area contributed by atoms with Gasteiger partial charge in [-0.2, -0.15) is 0 Å². The summed E-state index contributed by atoms with van der Waals surface area (Å²) >= 11 is 1.29. The highest BCUT2D eigenvalue weighted by molar-refractivity contribution is 7.92. The number of sulfonamides is 1. The molecule has 0 saturated carbocycles. The third-order valence-electron chi connectivity index (χ3n) is 4.45. The Morgan fingerprint density at radius 2 is 1.87 bits per heavy atom. The highest BCUT2D eigenvalue weighted by atomic mass is 32.2. The van der Waals surface area contributed by atoms with E-state index < -0.39 is 10.0 Å². The molecule has 8 nitrogen and oxygen atoms in total. The van der Waals surface area contributed by atoms with E-state index in [1.807, 2.05) is 24.4 Å². The molecule has 0 radical (unpaired) electrons. The van der Waals surface area contributed by atoms with Gasteiger partial charge in [-0.25, -0.2) is 13.4 Å².